The van der Waals surface area contributed by atoms with Gasteiger partial charge in [0.2, 0.25) is 5.88 Å². The number of nitrogens with one attached hydrogen (secondary N) is 1. The fourth-order valence-electron chi connectivity index (χ4n) is 3.77. The van der Waals surface area contributed by atoms with Crippen LogP contribution in [-0.2, 0) is 15.7 Å². The number of aryl methyl sites for hydroxylation is 1. The van der Waals surface area contributed by atoms with Gasteiger partial charge in [-0.15, -0.1) is 0 Å². The summed E-state index contributed by atoms with van der Waals surface area (Å²) in [4.78, 5) is 19.0. The molecule has 1 aliphatic rings. The number of pyridine rings is 1. The zero-order chi connectivity index (χ0) is 26.5. The summed E-state index contributed by atoms with van der Waals surface area (Å²) in [5, 5.41) is 2.59. The van der Waals surface area contributed by atoms with Crippen LogP contribution in [0.15, 0.2) is 54.2 Å². The monoisotopic (exact) mass is 505 g/mol. The van der Waals surface area contributed by atoms with Crippen LogP contribution in [0.5, 0.6) is 0 Å². The van der Waals surface area contributed by atoms with Crippen LogP contribution < -0.4 is 16.8 Å². The molecule has 1 amide bonds. The number of amides is 1. The number of allylic oxidation sites excluding steroid dienone is 1. The fourth-order valence-corrected chi connectivity index (χ4v) is 3.77. The molecular formula is C25H30F3N5O3. The van der Waals surface area contributed by atoms with Crippen LogP contribution in [0.2, 0.25) is 0 Å². The van der Waals surface area contributed by atoms with E-state index in [1.807, 2.05) is 18.7 Å². The van der Waals surface area contributed by atoms with Crippen molar-refractivity contribution in [3.05, 3.63) is 76.6 Å². The maximum absolute atomic E-state index is 13.0. The topological polar surface area (TPSA) is 116 Å². The largest absolute Gasteiger partial charge is 0.478 e. The van der Waals surface area contributed by atoms with Gasteiger partial charge in [0.05, 0.1) is 43.0 Å². The first-order chi connectivity index (χ1) is 17.0. The van der Waals surface area contributed by atoms with Crippen molar-refractivity contribution in [2.45, 2.75) is 33.0 Å². The van der Waals surface area contributed by atoms with E-state index < -0.39 is 17.6 Å². The molecule has 0 aliphatic carbocycles. The van der Waals surface area contributed by atoms with Crippen molar-refractivity contribution in [1.82, 2.24) is 9.88 Å². The number of alkyl halides is 3. The summed E-state index contributed by atoms with van der Waals surface area (Å²) >= 11 is 0. The minimum absolute atomic E-state index is 0.0362. The molecule has 8 nitrogen and oxygen atoms in total. The van der Waals surface area contributed by atoms with Crippen molar-refractivity contribution in [3.8, 4) is 0 Å². The summed E-state index contributed by atoms with van der Waals surface area (Å²) in [6.45, 7) is 7.59. The van der Waals surface area contributed by atoms with Crippen molar-refractivity contribution in [3.63, 3.8) is 0 Å². The number of halogens is 3. The Morgan fingerprint density at radius 2 is 2.08 bits per heavy atom. The molecule has 1 unspecified atom stereocenters. The first kappa shape index (κ1) is 26.9. The number of benzene rings is 1. The third-order valence-corrected chi connectivity index (χ3v) is 5.63. The first-order valence-electron chi connectivity index (χ1n) is 11.4. The number of hydrogen-bond acceptors (Lipinski definition) is 7. The molecule has 11 heteroatoms. The van der Waals surface area contributed by atoms with Crippen LogP contribution in [0.1, 0.15) is 41.0 Å². The molecule has 1 saturated heterocycles. The van der Waals surface area contributed by atoms with E-state index in [1.54, 1.807) is 19.1 Å². The van der Waals surface area contributed by atoms with E-state index in [1.165, 1.54) is 18.3 Å². The normalized spacial score (nSPS) is 17.4. The summed E-state index contributed by atoms with van der Waals surface area (Å²) in [5.41, 5.74) is 13.9. The van der Waals surface area contributed by atoms with Gasteiger partial charge in [-0.3, -0.25) is 9.78 Å². The Bertz CT molecular complexity index is 1160. The van der Waals surface area contributed by atoms with Gasteiger partial charge in [0.25, 0.3) is 5.91 Å². The summed E-state index contributed by atoms with van der Waals surface area (Å²) in [6.07, 6.45) is -1.46. The molecule has 1 aromatic heterocycles. The fraction of sp³-hybridized carbons (Fsp3) is 0.360. The van der Waals surface area contributed by atoms with E-state index in [0.717, 1.165) is 12.1 Å². The van der Waals surface area contributed by atoms with E-state index in [9.17, 15) is 18.0 Å². The number of anilines is 1. The maximum atomic E-state index is 13.0. The number of rotatable bonds is 7. The number of aromatic nitrogens is 1. The predicted octanol–water partition coefficient (Wildman–Crippen LogP) is 3.85. The Morgan fingerprint density at radius 1 is 1.33 bits per heavy atom. The van der Waals surface area contributed by atoms with Gasteiger partial charge in [0.1, 0.15) is 0 Å². The molecule has 1 fully saturated rings. The Balaban J connectivity index is 1.91. The van der Waals surface area contributed by atoms with Crippen LogP contribution in [0.3, 0.4) is 0 Å². The number of carbonyl (C=O) groups excluding carboxylic acids is 1. The highest BCUT2D eigenvalue weighted by atomic mass is 19.4. The molecule has 1 atom stereocenters. The molecule has 1 aliphatic heterocycles. The number of morpholine rings is 1. The van der Waals surface area contributed by atoms with Crippen molar-refractivity contribution in [2.75, 3.05) is 31.7 Å². The summed E-state index contributed by atoms with van der Waals surface area (Å²) in [7, 11) is 0. The second-order valence-corrected chi connectivity index (χ2v) is 8.29. The molecule has 0 spiro atoms. The lowest BCUT2D eigenvalue weighted by molar-refractivity contribution is -0.137. The second-order valence-electron chi connectivity index (χ2n) is 8.29. The smallest absolute Gasteiger partial charge is 0.416 e. The Morgan fingerprint density at radius 3 is 2.75 bits per heavy atom. The molecule has 1 aromatic carbocycles. The summed E-state index contributed by atoms with van der Waals surface area (Å²) in [5.74, 6) is -0.489. The van der Waals surface area contributed by atoms with Gasteiger partial charge in [0, 0.05) is 35.1 Å². The quantitative estimate of drug-likeness (QED) is 0.387. The zero-order valence-corrected chi connectivity index (χ0v) is 20.4. The van der Waals surface area contributed by atoms with E-state index in [0.29, 0.717) is 49.0 Å². The average molecular weight is 506 g/mol. The van der Waals surface area contributed by atoms with Crippen molar-refractivity contribution >= 4 is 17.3 Å². The van der Waals surface area contributed by atoms with Crippen molar-refractivity contribution in [1.29, 1.82) is 0 Å². The molecule has 2 aromatic rings. The molecule has 0 radical (unpaired) electrons. The van der Waals surface area contributed by atoms with Gasteiger partial charge in [-0.05, 0) is 51.1 Å². The molecule has 0 bridgehead atoms. The molecule has 5 N–H and O–H groups in total. The number of ether oxygens (including phenoxy) is 2. The van der Waals surface area contributed by atoms with Crippen LogP contribution in [0.4, 0.5) is 18.9 Å². The van der Waals surface area contributed by atoms with Gasteiger partial charge in [0.15, 0.2) is 0 Å². The third-order valence-electron chi connectivity index (χ3n) is 5.63. The van der Waals surface area contributed by atoms with Crippen LogP contribution in [-0.4, -0.2) is 48.2 Å². The second kappa shape index (κ2) is 11.3. The highest BCUT2D eigenvalue weighted by Gasteiger charge is 2.31. The van der Waals surface area contributed by atoms with Crippen LogP contribution >= 0.6 is 0 Å². The summed E-state index contributed by atoms with van der Waals surface area (Å²) < 4.78 is 50.1. The van der Waals surface area contributed by atoms with Gasteiger partial charge in [-0.25, -0.2) is 0 Å². The molecule has 194 valence electrons. The Kier molecular flexibility index (Phi) is 8.46. The summed E-state index contributed by atoms with van der Waals surface area (Å²) in [6, 6.07) is 5.83. The SMILES string of the molecule is CCO/C(N)=C(/C=C(\N)c1cc(NC(=O)c2cccc(C(F)(F)F)c2)cnc1C)N1CCOCC1C. The van der Waals surface area contributed by atoms with E-state index >= 15 is 0 Å². The highest BCUT2D eigenvalue weighted by Crippen LogP contribution is 2.30. The third kappa shape index (κ3) is 6.48. The standard InChI is InChI=1S/C25H30F3N5O3/c1-4-36-23(30)22(33-8-9-35-14-15(33)2)12-21(29)20-11-19(13-31-16(20)3)32-24(34)17-6-5-7-18(10-17)25(26,27)28/h5-7,10-13,15H,4,8-9,14,29-30H2,1-3H3,(H,32,34)/b21-12-,23-22-. The number of nitrogens with zero attached hydrogens (tertiary/aromatic N) is 2. The van der Waals surface area contributed by atoms with E-state index in [2.05, 4.69) is 10.3 Å². The number of carbonyl (C=O) groups is 1. The number of nitrogens with two attached hydrogens (primary N) is 2. The highest BCUT2D eigenvalue weighted by molar-refractivity contribution is 6.04. The van der Waals surface area contributed by atoms with Crippen molar-refractivity contribution in [2.24, 2.45) is 11.5 Å². The minimum atomic E-state index is -4.55. The Labute approximate surface area is 207 Å². The number of hydrogen-bond donors (Lipinski definition) is 3. The lowest BCUT2D eigenvalue weighted by atomic mass is 10.1. The van der Waals surface area contributed by atoms with Gasteiger partial charge >= 0.3 is 6.18 Å². The van der Waals surface area contributed by atoms with Gasteiger partial charge < -0.3 is 31.2 Å². The Hall–Kier alpha value is -3.73. The molecule has 0 saturated carbocycles. The molecule has 36 heavy (non-hydrogen) atoms. The molecular weight excluding hydrogens is 475 g/mol. The molecule has 2 heterocycles. The first-order valence-corrected chi connectivity index (χ1v) is 11.4. The lowest BCUT2D eigenvalue weighted by Crippen LogP contribution is -2.43. The van der Waals surface area contributed by atoms with E-state index in [-0.39, 0.29) is 23.2 Å². The maximum Gasteiger partial charge on any atom is 0.416 e. The van der Waals surface area contributed by atoms with Crippen LogP contribution in [0.25, 0.3) is 5.70 Å². The van der Waals surface area contributed by atoms with Gasteiger partial charge in [-0.2, -0.15) is 13.2 Å². The van der Waals surface area contributed by atoms with Crippen LogP contribution in [0, 0.1) is 6.92 Å². The zero-order valence-electron chi connectivity index (χ0n) is 20.4. The average Bonchev–Trinajstić information content (AvgIpc) is 2.83. The van der Waals surface area contributed by atoms with E-state index in [4.69, 9.17) is 20.9 Å². The minimum Gasteiger partial charge on any atom is -0.478 e. The predicted molar refractivity (Wildman–Crippen MR) is 130 cm³/mol. The molecule has 3 rings (SSSR count). The van der Waals surface area contributed by atoms with Crippen molar-refractivity contribution < 1.29 is 27.4 Å². The van der Waals surface area contributed by atoms with Gasteiger partial charge in [-0.1, -0.05) is 6.07 Å². The lowest BCUT2D eigenvalue weighted by Gasteiger charge is -2.36.